The van der Waals surface area contributed by atoms with Crippen LogP contribution in [0.3, 0.4) is 0 Å². The molecule has 8 aliphatic rings. The molecule has 4 bridgehead atoms. The van der Waals surface area contributed by atoms with Crippen LogP contribution in [0.1, 0.15) is 99.9 Å². The van der Waals surface area contributed by atoms with Crippen molar-refractivity contribution in [2.75, 3.05) is 13.1 Å². The number of hydroxylamine groups is 4. The van der Waals surface area contributed by atoms with Crippen molar-refractivity contribution in [1.29, 1.82) is 0 Å². The van der Waals surface area contributed by atoms with Gasteiger partial charge in [-0.25, -0.2) is 9.59 Å². The molecule has 4 atom stereocenters. The number of hydrogen-bond donors (Lipinski definition) is 2. The van der Waals surface area contributed by atoms with E-state index in [0.717, 1.165) is 61.5 Å². The number of amides is 4. The molecule has 4 saturated heterocycles. The van der Waals surface area contributed by atoms with Gasteiger partial charge in [-0.05, 0) is 75.0 Å². The maximum absolute atomic E-state index is 13.7. The number of nitrogens with zero attached hydrogens (tertiary/aromatic N) is 8. The summed E-state index contributed by atoms with van der Waals surface area (Å²) >= 11 is 0. The highest BCUT2D eigenvalue weighted by atomic mass is 32.3. The monoisotopic (exact) mass is 672 g/mol. The van der Waals surface area contributed by atoms with Crippen LogP contribution in [0.25, 0.3) is 0 Å². The van der Waals surface area contributed by atoms with Crippen LogP contribution in [0.15, 0.2) is 8.83 Å². The van der Waals surface area contributed by atoms with Gasteiger partial charge in [0.25, 0.3) is 0 Å². The third-order valence-electron chi connectivity index (χ3n) is 12.0. The second kappa shape index (κ2) is 8.99. The molecule has 0 unspecified atom stereocenters. The normalized spacial score (nSPS) is 33.0. The van der Waals surface area contributed by atoms with E-state index in [1.54, 1.807) is 0 Å². The lowest BCUT2D eigenvalue weighted by Gasteiger charge is -2.35. The molecule has 0 radical (unpaired) electrons. The molecule has 18 nitrogen and oxygen atoms in total. The largest absolute Gasteiger partial charge is 0.442 e. The van der Waals surface area contributed by atoms with E-state index in [4.69, 9.17) is 28.9 Å². The van der Waals surface area contributed by atoms with Gasteiger partial charge in [0.2, 0.25) is 23.6 Å². The lowest BCUT2D eigenvalue weighted by Crippen LogP contribution is -2.45. The molecular formula is C28H36N10O8S. The number of rotatable bonds is 10. The van der Waals surface area contributed by atoms with E-state index in [9.17, 15) is 18.0 Å². The Hall–Kier alpha value is -3.39. The van der Waals surface area contributed by atoms with Crippen molar-refractivity contribution in [3.05, 3.63) is 23.6 Å². The van der Waals surface area contributed by atoms with E-state index in [1.807, 2.05) is 0 Å². The number of aromatic nitrogens is 4. The van der Waals surface area contributed by atoms with E-state index >= 15 is 0 Å². The Morgan fingerprint density at radius 3 is 1.45 bits per heavy atom. The van der Waals surface area contributed by atoms with E-state index in [2.05, 4.69) is 20.4 Å². The maximum Gasteiger partial charge on any atom is 0.442 e. The van der Waals surface area contributed by atoms with Gasteiger partial charge in [0.15, 0.2) is 0 Å². The fourth-order valence-corrected chi connectivity index (χ4v) is 9.06. The minimum Gasteiger partial charge on any atom is -0.423 e. The zero-order chi connectivity index (χ0) is 32.1. The molecule has 19 heteroatoms. The van der Waals surface area contributed by atoms with Gasteiger partial charge >= 0.3 is 22.5 Å². The highest BCUT2D eigenvalue weighted by Gasteiger charge is 2.67. The fraction of sp³-hybridized carbons (Fsp3) is 0.786. The van der Waals surface area contributed by atoms with Crippen molar-refractivity contribution in [2.24, 2.45) is 22.3 Å². The summed E-state index contributed by atoms with van der Waals surface area (Å²) in [5.41, 5.74) is 11.1. The molecule has 4 amide bonds. The third-order valence-corrected chi connectivity index (χ3v) is 12.7. The van der Waals surface area contributed by atoms with E-state index in [0.29, 0.717) is 49.2 Å². The van der Waals surface area contributed by atoms with Crippen LogP contribution in [0.4, 0.5) is 9.59 Å². The van der Waals surface area contributed by atoms with Gasteiger partial charge in [-0.1, -0.05) is 0 Å². The topological polar surface area (TPSA) is 230 Å². The molecule has 4 aliphatic heterocycles. The summed E-state index contributed by atoms with van der Waals surface area (Å²) < 4.78 is 49.7. The van der Waals surface area contributed by atoms with Crippen molar-refractivity contribution in [1.82, 2.24) is 40.3 Å². The van der Waals surface area contributed by atoms with Gasteiger partial charge in [-0.3, -0.25) is 0 Å². The second-order valence-corrected chi connectivity index (χ2v) is 16.5. The highest BCUT2D eigenvalue weighted by Crippen LogP contribution is 2.63. The second-order valence-electron chi connectivity index (χ2n) is 15.4. The van der Waals surface area contributed by atoms with Crippen LogP contribution in [0.5, 0.6) is 0 Å². The number of carbonyl (C=O) groups excluding carboxylic acids is 2. The van der Waals surface area contributed by atoms with Crippen molar-refractivity contribution < 1.29 is 35.4 Å². The molecule has 0 aromatic carbocycles. The predicted molar refractivity (Wildman–Crippen MR) is 153 cm³/mol. The molecule has 252 valence electrons. The summed E-state index contributed by atoms with van der Waals surface area (Å²) in [7, 11) is -4.89. The average molecular weight is 673 g/mol. The average Bonchev–Trinajstić information content (AvgIpc) is 4.01. The molecule has 6 heterocycles. The first-order chi connectivity index (χ1) is 22.4. The van der Waals surface area contributed by atoms with E-state index < -0.39 is 46.6 Å². The molecule has 2 aromatic heterocycles. The predicted octanol–water partition coefficient (Wildman–Crippen LogP) is 0.991. The minimum absolute atomic E-state index is 0.235. The number of piperidine rings is 2. The lowest BCUT2D eigenvalue weighted by atomic mass is 9.85. The maximum atomic E-state index is 13.7. The number of fused-ring (bicyclic) bond motifs is 6. The molecule has 2 spiro atoms. The number of nitrogens with two attached hydrogens (primary N) is 2. The number of urea groups is 2. The van der Waals surface area contributed by atoms with Gasteiger partial charge in [0.1, 0.15) is 12.1 Å². The van der Waals surface area contributed by atoms with Gasteiger partial charge in [-0.2, -0.15) is 18.5 Å². The van der Waals surface area contributed by atoms with Gasteiger partial charge in [-0.15, -0.1) is 29.0 Å². The molecule has 4 aliphatic carbocycles. The fourth-order valence-electron chi connectivity index (χ4n) is 8.30. The van der Waals surface area contributed by atoms with Crippen LogP contribution in [-0.4, -0.2) is 97.1 Å². The number of carbonyl (C=O) groups is 2. The molecule has 4 N–H and O–H groups in total. The molecular weight excluding hydrogens is 636 g/mol. The summed E-state index contributed by atoms with van der Waals surface area (Å²) in [6.07, 6.45) is 8.75. The Balaban J connectivity index is 0.858. The van der Waals surface area contributed by atoms with E-state index in [1.165, 1.54) is 9.80 Å². The van der Waals surface area contributed by atoms with Crippen LogP contribution < -0.4 is 11.5 Å². The zero-order valence-corrected chi connectivity index (χ0v) is 26.4. The smallest absolute Gasteiger partial charge is 0.423 e. The van der Waals surface area contributed by atoms with Crippen molar-refractivity contribution in [2.45, 2.75) is 112 Å². The van der Waals surface area contributed by atoms with Gasteiger partial charge in [0, 0.05) is 37.0 Å². The first-order valence-electron chi connectivity index (χ1n) is 16.4. The molecule has 10 rings (SSSR count). The summed E-state index contributed by atoms with van der Waals surface area (Å²) in [4.78, 5) is 30.4. The molecule has 47 heavy (non-hydrogen) atoms. The Morgan fingerprint density at radius 2 is 1.09 bits per heavy atom. The zero-order valence-electron chi connectivity index (χ0n) is 25.6. The first-order valence-corrected chi connectivity index (χ1v) is 17.8. The lowest BCUT2D eigenvalue weighted by molar-refractivity contribution is -0.101. The quantitative estimate of drug-likeness (QED) is 0.359. The Bertz CT molecular complexity index is 1670. The van der Waals surface area contributed by atoms with Crippen LogP contribution >= 0.6 is 0 Å². The SMILES string of the molecule is NC1(Cc2nnc([C@@H]3CC4(CC4)[C@@H]4CN3C(=O)N4OS(=O)(=O)ON3C(=O)N4C[C@H]3C3(CC3)C[C@H]4c3nnc(CC4(N)CC4)o3)o2)CC1. The third kappa shape index (κ3) is 4.53. The van der Waals surface area contributed by atoms with Crippen molar-refractivity contribution in [3.63, 3.8) is 0 Å². The molecule has 4 saturated carbocycles. The standard InChI is InChI=1S/C28H36N10O8S/c29-27(5-6-27)11-19-31-33-21(43-19)15-9-25(1-2-25)17-13-35(15)23(39)37(17)45-47(41,42)46-38-18-14-36(24(38)40)16(10-26(18)3-4-26)22-34-32-20(44-22)12-28(30)7-8-28/h15-18H,1-14,29-30H2/t15-,16-,17-,18-/m0/s1. The van der Waals surface area contributed by atoms with Crippen LogP contribution in [0.2, 0.25) is 0 Å². The van der Waals surface area contributed by atoms with E-state index in [-0.39, 0.29) is 35.0 Å². The van der Waals surface area contributed by atoms with Crippen molar-refractivity contribution >= 4 is 22.5 Å². The van der Waals surface area contributed by atoms with Crippen molar-refractivity contribution in [3.8, 4) is 0 Å². The summed E-state index contributed by atoms with van der Waals surface area (Å²) in [5.74, 6) is 1.47. The van der Waals surface area contributed by atoms with Crippen LogP contribution in [0, 0.1) is 10.8 Å². The summed E-state index contributed by atoms with van der Waals surface area (Å²) in [6.45, 7) is 0.470. The summed E-state index contributed by atoms with van der Waals surface area (Å²) in [6, 6.07) is -3.35. The molecule has 8 fully saturated rings. The summed E-state index contributed by atoms with van der Waals surface area (Å²) in [5, 5.41) is 18.6. The van der Waals surface area contributed by atoms with Crippen LogP contribution in [-0.2, 0) is 31.8 Å². The highest BCUT2D eigenvalue weighted by molar-refractivity contribution is 7.81. The Labute approximate surface area is 269 Å². The molecule has 2 aromatic rings. The van der Waals surface area contributed by atoms with Gasteiger partial charge < -0.3 is 30.1 Å². The number of hydrogen-bond acceptors (Lipinski definition) is 14. The Kier molecular flexibility index (Phi) is 5.47. The Morgan fingerprint density at radius 1 is 0.681 bits per heavy atom. The first kappa shape index (κ1) is 28.6. The minimum atomic E-state index is -4.89. The van der Waals surface area contributed by atoms with Gasteiger partial charge in [0.05, 0.1) is 12.1 Å².